The van der Waals surface area contributed by atoms with Crippen molar-refractivity contribution in [3.05, 3.63) is 124 Å². The number of carbonyl (C=O) groups is 6. The molecule has 0 bridgehead atoms. The van der Waals surface area contributed by atoms with Crippen LogP contribution in [0.4, 0.5) is 28.4 Å². The van der Waals surface area contributed by atoms with Gasteiger partial charge >= 0.3 is 0 Å². The fourth-order valence-electron chi connectivity index (χ4n) is 9.21. The Morgan fingerprint density at radius 2 is 1.09 bits per heavy atom. The third-order valence-electron chi connectivity index (χ3n) is 13.5. The van der Waals surface area contributed by atoms with Crippen LogP contribution in [0.15, 0.2) is 101 Å². The van der Waals surface area contributed by atoms with Gasteiger partial charge in [0.1, 0.15) is 13.2 Å². The van der Waals surface area contributed by atoms with Crippen LogP contribution in [0, 0.1) is 0 Å². The maximum absolute atomic E-state index is 14.1. The Balaban J connectivity index is 0.892. The Labute approximate surface area is 440 Å². The van der Waals surface area contributed by atoms with Crippen molar-refractivity contribution < 1.29 is 47.7 Å². The zero-order chi connectivity index (χ0) is 53.0. The molecule has 0 fully saturated rings. The maximum atomic E-state index is 14.1. The molecule has 0 aromatic heterocycles. The van der Waals surface area contributed by atoms with E-state index in [9.17, 15) is 28.8 Å². The fourth-order valence-corrected chi connectivity index (χ4v) is 9.85. The monoisotopic (exact) mass is 1050 g/mol. The van der Waals surface area contributed by atoms with Gasteiger partial charge in [-0.05, 0) is 77.4 Å². The molecule has 3 atom stereocenters. The van der Waals surface area contributed by atoms with Crippen molar-refractivity contribution in [3.8, 4) is 23.0 Å². The summed E-state index contributed by atoms with van der Waals surface area (Å²) in [6.07, 6.45) is 7.56. The average molecular weight is 1050 g/mol. The Bertz CT molecular complexity index is 3050. The van der Waals surface area contributed by atoms with Gasteiger partial charge in [0.05, 0.1) is 68.4 Å². The lowest BCUT2D eigenvalue weighted by Gasteiger charge is -2.23. The highest BCUT2D eigenvalue weighted by atomic mass is 32.8. The molecule has 5 aromatic rings. The van der Waals surface area contributed by atoms with Gasteiger partial charge in [-0.3, -0.25) is 48.6 Å². The number of benzene rings is 5. The first-order valence-electron chi connectivity index (χ1n) is 24.3. The van der Waals surface area contributed by atoms with Crippen LogP contribution >= 0.6 is 0 Å². The molecule has 5 aromatic carbocycles. The summed E-state index contributed by atoms with van der Waals surface area (Å²) in [5.74, 6) is -1.20. The summed E-state index contributed by atoms with van der Waals surface area (Å²) in [6.45, 7) is 2.77. The molecule has 4 aliphatic rings. The number of ether oxygens (including phenoxy) is 4. The molecule has 6 amide bonds. The van der Waals surface area contributed by atoms with E-state index in [2.05, 4.69) is 21.3 Å². The quantitative estimate of drug-likeness (QED) is 0.0753. The topological polar surface area (TPSA) is 219 Å². The molecule has 0 spiro atoms. The van der Waals surface area contributed by atoms with Crippen LogP contribution in [-0.2, 0) is 65.9 Å². The zero-order valence-corrected chi connectivity index (χ0v) is 43.7. The number of nitrogens with zero attached hydrogens (tertiary/aromatic N) is 4. The molecule has 4 aliphatic heterocycles. The van der Waals surface area contributed by atoms with E-state index in [1.54, 1.807) is 58.6 Å². The van der Waals surface area contributed by atoms with E-state index in [4.69, 9.17) is 40.1 Å². The smallest absolute Gasteiger partial charge is 0.261 e. The number of anilines is 3. The minimum atomic E-state index is -0.625. The molecule has 0 aliphatic carbocycles. The Morgan fingerprint density at radius 3 is 1.56 bits per heavy atom. The van der Waals surface area contributed by atoms with Gasteiger partial charge in [0.25, 0.3) is 11.8 Å². The summed E-state index contributed by atoms with van der Waals surface area (Å²) >= 11 is 5.38. The number of hydrogen-bond donors (Lipinski definition) is 4. The second-order valence-electron chi connectivity index (χ2n) is 19.0. The SMILES string of the molecule is COc1cc2c(cc1OCc1cc(COc3cc4c(cc3OC)C(=O)N3c5ccccc5C[C@H]3C=N4)cc(NC(=O)CNC(=O)CNC(=O)CNC(=O)CCC(C)(C)S(C)=S)c1)N=C[C@@H]1Cc3ccccc3N1C2=O. The molecule has 0 radical (unpaired) electrons. The summed E-state index contributed by atoms with van der Waals surface area (Å²) in [6, 6.07) is 26.9. The molecule has 0 saturated heterocycles. The molecular weight excluding hydrogens is 997 g/mol. The van der Waals surface area contributed by atoms with Crippen molar-refractivity contribution >= 4 is 97.0 Å². The summed E-state index contributed by atoms with van der Waals surface area (Å²) in [7, 11) is 2.67. The van der Waals surface area contributed by atoms with Crippen molar-refractivity contribution in [2.24, 2.45) is 9.98 Å². The van der Waals surface area contributed by atoms with E-state index in [1.165, 1.54) is 14.2 Å². The van der Waals surface area contributed by atoms with Crippen molar-refractivity contribution in [1.29, 1.82) is 0 Å². The predicted molar refractivity (Wildman–Crippen MR) is 291 cm³/mol. The second kappa shape index (κ2) is 22.2. The summed E-state index contributed by atoms with van der Waals surface area (Å²) in [5, 5.41) is 10.3. The lowest BCUT2D eigenvalue weighted by molar-refractivity contribution is -0.128. The number of rotatable bonds is 19. The Hall–Kier alpha value is -7.97. The highest BCUT2D eigenvalue weighted by Crippen LogP contribution is 2.43. The number of fused-ring (bicyclic) bond motifs is 8. The third kappa shape index (κ3) is 11.6. The molecule has 9 rings (SSSR count). The van der Waals surface area contributed by atoms with Crippen LogP contribution in [0.25, 0.3) is 0 Å². The Morgan fingerprint density at radius 1 is 0.640 bits per heavy atom. The molecule has 4 heterocycles. The average Bonchev–Trinajstić information content (AvgIpc) is 3.90. The summed E-state index contributed by atoms with van der Waals surface area (Å²) in [4.78, 5) is 91.9. The first kappa shape index (κ1) is 51.9. The predicted octanol–water partition coefficient (Wildman–Crippen LogP) is 5.99. The fraction of sp³-hybridized carbons (Fsp3) is 0.309. The number of carbonyl (C=O) groups excluding carboxylic acids is 6. The van der Waals surface area contributed by atoms with E-state index < -0.39 is 30.8 Å². The van der Waals surface area contributed by atoms with Gasteiger partial charge in [-0.25, -0.2) is 0 Å². The normalized spacial score (nSPS) is 16.2. The van der Waals surface area contributed by atoms with Crippen LogP contribution in [-0.4, -0.2) is 105 Å². The van der Waals surface area contributed by atoms with Crippen molar-refractivity contribution in [1.82, 2.24) is 16.0 Å². The van der Waals surface area contributed by atoms with Crippen molar-refractivity contribution in [2.45, 2.75) is 69.6 Å². The molecule has 0 saturated carbocycles. The lowest BCUT2D eigenvalue weighted by Crippen LogP contribution is -2.43. The van der Waals surface area contributed by atoms with Crippen LogP contribution in [0.1, 0.15) is 69.7 Å². The van der Waals surface area contributed by atoms with Gasteiger partial charge in [-0.2, -0.15) is 0 Å². The minimum absolute atomic E-state index is 0.0334. The molecule has 4 N–H and O–H groups in total. The second-order valence-corrected chi connectivity index (χ2v) is 22.5. The number of para-hydroxylation sites is 2. The van der Waals surface area contributed by atoms with Gasteiger partial charge in [0, 0.05) is 65.6 Å². The van der Waals surface area contributed by atoms with Crippen LogP contribution < -0.4 is 50.0 Å². The van der Waals surface area contributed by atoms with E-state index in [-0.39, 0.29) is 70.2 Å². The van der Waals surface area contributed by atoms with E-state index >= 15 is 0 Å². The van der Waals surface area contributed by atoms with Crippen LogP contribution in [0.2, 0.25) is 0 Å². The molecule has 18 nitrogen and oxygen atoms in total. The van der Waals surface area contributed by atoms with Crippen LogP contribution in [0.3, 0.4) is 0 Å². The number of hydrogen-bond acceptors (Lipinski definition) is 13. The van der Waals surface area contributed by atoms with E-state index in [1.807, 2.05) is 74.7 Å². The number of aliphatic imine (C=N–C) groups is 2. The lowest BCUT2D eigenvalue weighted by atomic mass is 10.1. The Kier molecular flexibility index (Phi) is 15.4. The maximum Gasteiger partial charge on any atom is 0.261 e. The number of methoxy groups -OCH3 is 2. The van der Waals surface area contributed by atoms with Crippen LogP contribution in [0.5, 0.6) is 23.0 Å². The highest BCUT2D eigenvalue weighted by Gasteiger charge is 2.38. The first-order chi connectivity index (χ1) is 36.1. The van der Waals surface area contributed by atoms with E-state index in [0.717, 1.165) is 22.5 Å². The van der Waals surface area contributed by atoms with Crippen molar-refractivity contribution in [2.75, 3.05) is 55.2 Å². The summed E-state index contributed by atoms with van der Waals surface area (Å²) < 4.78 is 24.1. The molecule has 20 heteroatoms. The first-order valence-corrected chi connectivity index (χ1v) is 26.8. The molecular formula is C55H56N8O10S2. The minimum Gasteiger partial charge on any atom is -0.493 e. The highest BCUT2D eigenvalue weighted by molar-refractivity contribution is 8.29. The van der Waals surface area contributed by atoms with Gasteiger partial charge in [0.2, 0.25) is 23.6 Å². The van der Waals surface area contributed by atoms with E-state index in [0.29, 0.717) is 81.6 Å². The molecule has 1 unspecified atom stereocenters. The third-order valence-corrected chi connectivity index (χ3v) is 16.6. The van der Waals surface area contributed by atoms with Gasteiger partial charge in [0.15, 0.2) is 23.0 Å². The number of amides is 6. The van der Waals surface area contributed by atoms with Gasteiger partial charge in [-0.1, -0.05) is 61.4 Å². The molecule has 388 valence electrons. The largest absolute Gasteiger partial charge is 0.493 e. The van der Waals surface area contributed by atoms with Gasteiger partial charge in [-0.15, -0.1) is 9.45 Å². The number of nitrogens with one attached hydrogen (secondary N) is 4. The standard InChI is InChI=1S/C55H56N8O10S2/c1-55(2,75(5)74)15-14-49(64)58-27-50(65)59-28-51(66)60-29-52(67)61-36-17-32(30-72-47-23-41-39(21-45(47)70-3)53(68)62-37(25-56-41)19-34-10-6-8-12-43(34)62)16-33(18-36)31-73-48-24-42-40(22-46(48)71-4)54(69)63-38(26-57-42)20-35-11-7-9-13-44(35)63/h6-13,16-18,21-26,37-38H,14-15,19-20,27-31H2,1-5H3,(H,58,64)(H,59,65)(H,60,66)(H,61,67)/t37-,38-,75?/m0/s1. The zero-order valence-electron chi connectivity index (χ0n) is 42.0. The molecule has 75 heavy (non-hydrogen) atoms. The summed E-state index contributed by atoms with van der Waals surface area (Å²) in [5.41, 5.74) is 6.93. The van der Waals surface area contributed by atoms with Crippen molar-refractivity contribution in [3.63, 3.8) is 0 Å². The van der Waals surface area contributed by atoms with Gasteiger partial charge < -0.3 is 40.2 Å².